The molecular formula is C21H28N2O3. The summed E-state index contributed by atoms with van der Waals surface area (Å²) in [6, 6.07) is 7.36. The number of rotatable bonds is 6. The van der Waals surface area contributed by atoms with Gasteiger partial charge in [-0.2, -0.15) is 0 Å². The van der Waals surface area contributed by atoms with Gasteiger partial charge in [0.15, 0.2) is 0 Å². The van der Waals surface area contributed by atoms with Crippen molar-refractivity contribution in [1.29, 1.82) is 0 Å². The summed E-state index contributed by atoms with van der Waals surface area (Å²) in [5.74, 6) is 2.69. The van der Waals surface area contributed by atoms with E-state index in [4.69, 9.17) is 4.74 Å². The minimum Gasteiger partial charge on any atom is -0.492 e. The van der Waals surface area contributed by atoms with Crippen LogP contribution < -0.4 is 15.4 Å². The molecule has 0 spiro atoms. The Morgan fingerprint density at radius 2 is 1.69 bits per heavy atom. The van der Waals surface area contributed by atoms with Gasteiger partial charge in [0.25, 0.3) is 0 Å². The predicted molar refractivity (Wildman–Crippen MR) is 99.9 cm³/mol. The van der Waals surface area contributed by atoms with E-state index in [1.807, 2.05) is 31.2 Å². The van der Waals surface area contributed by atoms with E-state index in [2.05, 4.69) is 10.6 Å². The lowest BCUT2D eigenvalue weighted by atomic mass is 9.49. The Balaban J connectivity index is 1.34. The highest BCUT2D eigenvalue weighted by Crippen LogP contribution is 2.60. The third kappa shape index (κ3) is 3.31. The van der Waals surface area contributed by atoms with Gasteiger partial charge in [-0.1, -0.05) is 12.1 Å². The van der Waals surface area contributed by atoms with Crippen molar-refractivity contribution in [2.45, 2.75) is 45.4 Å². The third-order valence-electron chi connectivity index (χ3n) is 6.39. The molecule has 0 atom stereocenters. The first-order valence-electron chi connectivity index (χ1n) is 9.88. The first kappa shape index (κ1) is 17.4. The van der Waals surface area contributed by atoms with Gasteiger partial charge in [-0.05, 0) is 75.3 Å². The van der Waals surface area contributed by atoms with Crippen LogP contribution in [0.2, 0.25) is 0 Å². The smallest absolute Gasteiger partial charge is 0.243 e. The number of anilines is 1. The summed E-state index contributed by atoms with van der Waals surface area (Å²) in [7, 11) is 0. The minimum absolute atomic E-state index is 0.0149. The van der Waals surface area contributed by atoms with Crippen molar-refractivity contribution >= 4 is 17.5 Å². The van der Waals surface area contributed by atoms with Gasteiger partial charge < -0.3 is 15.4 Å². The van der Waals surface area contributed by atoms with E-state index >= 15 is 0 Å². The highest BCUT2D eigenvalue weighted by molar-refractivity contribution is 5.96. The summed E-state index contributed by atoms with van der Waals surface area (Å²) in [6.07, 6.45) is 6.96. The van der Waals surface area contributed by atoms with Crippen molar-refractivity contribution < 1.29 is 14.3 Å². The Labute approximate surface area is 154 Å². The molecule has 4 bridgehead atoms. The van der Waals surface area contributed by atoms with Crippen LogP contribution in [0.4, 0.5) is 5.69 Å². The standard InChI is InChI=1S/C21H28N2O3/c1-2-26-18-6-4-3-5-17(18)23-19(24)13-22-20(25)21-10-14-7-15(11-21)9-16(8-14)12-21/h3-6,14-16H,2,7-13H2,1H3,(H,22,25)(H,23,24). The fraction of sp³-hybridized carbons (Fsp3) is 0.619. The molecule has 0 heterocycles. The first-order chi connectivity index (χ1) is 12.6. The van der Waals surface area contributed by atoms with Gasteiger partial charge in [0, 0.05) is 5.41 Å². The molecule has 2 N–H and O–H groups in total. The summed E-state index contributed by atoms with van der Waals surface area (Å²) in [5.41, 5.74) is 0.432. The molecule has 0 aromatic heterocycles. The molecule has 4 fully saturated rings. The molecule has 1 aromatic rings. The zero-order valence-electron chi connectivity index (χ0n) is 15.4. The average molecular weight is 356 g/mol. The summed E-state index contributed by atoms with van der Waals surface area (Å²) in [4.78, 5) is 25.2. The number of carbonyl (C=O) groups excluding carboxylic acids is 2. The Morgan fingerprint density at radius 1 is 1.08 bits per heavy atom. The van der Waals surface area contributed by atoms with E-state index in [0.29, 0.717) is 18.0 Å². The number of hydrogen-bond acceptors (Lipinski definition) is 3. The molecule has 0 aliphatic heterocycles. The molecule has 0 saturated heterocycles. The highest BCUT2D eigenvalue weighted by Gasteiger charge is 2.54. The molecule has 4 saturated carbocycles. The second-order valence-electron chi connectivity index (χ2n) is 8.36. The maximum Gasteiger partial charge on any atom is 0.243 e. The van der Waals surface area contributed by atoms with Crippen molar-refractivity contribution in [2.75, 3.05) is 18.5 Å². The molecule has 4 aliphatic rings. The number of ether oxygens (including phenoxy) is 1. The van der Waals surface area contributed by atoms with Crippen LogP contribution in [0.1, 0.15) is 45.4 Å². The maximum absolute atomic E-state index is 12.9. The van der Waals surface area contributed by atoms with Crippen LogP contribution >= 0.6 is 0 Å². The number of benzene rings is 1. The lowest BCUT2D eigenvalue weighted by molar-refractivity contribution is -0.146. The SMILES string of the molecule is CCOc1ccccc1NC(=O)CNC(=O)C12CC3CC(CC(C3)C1)C2. The average Bonchev–Trinajstić information content (AvgIpc) is 2.60. The fourth-order valence-electron chi connectivity index (χ4n) is 5.78. The van der Waals surface area contributed by atoms with Crippen molar-refractivity contribution in [3.8, 4) is 5.75 Å². The number of nitrogens with one attached hydrogen (secondary N) is 2. The van der Waals surface area contributed by atoms with E-state index in [0.717, 1.165) is 37.0 Å². The number of carbonyl (C=O) groups is 2. The molecule has 5 rings (SSSR count). The van der Waals surface area contributed by atoms with Crippen molar-refractivity contribution in [3.63, 3.8) is 0 Å². The quantitative estimate of drug-likeness (QED) is 0.821. The van der Waals surface area contributed by atoms with Crippen LogP contribution in [0, 0.1) is 23.2 Å². The largest absolute Gasteiger partial charge is 0.492 e. The highest BCUT2D eigenvalue weighted by atomic mass is 16.5. The molecular weight excluding hydrogens is 328 g/mol. The predicted octanol–water partition coefficient (Wildman–Crippen LogP) is 3.36. The maximum atomic E-state index is 12.9. The van der Waals surface area contributed by atoms with Crippen molar-refractivity contribution in [2.24, 2.45) is 23.2 Å². The van der Waals surface area contributed by atoms with Gasteiger partial charge in [-0.3, -0.25) is 9.59 Å². The van der Waals surface area contributed by atoms with E-state index < -0.39 is 0 Å². The van der Waals surface area contributed by atoms with Gasteiger partial charge >= 0.3 is 0 Å². The molecule has 0 radical (unpaired) electrons. The second-order valence-corrected chi connectivity index (χ2v) is 8.36. The molecule has 26 heavy (non-hydrogen) atoms. The van der Waals surface area contributed by atoms with Crippen LogP contribution in [-0.4, -0.2) is 25.0 Å². The fourth-order valence-corrected chi connectivity index (χ4v) is 5.78. The lowest BCUT2D eigenvalue weighted by Gasteiger charge is -2.55. The summed E-state index contributed by atoms with van der Waals surface area (Å²) in [5, 5.41) is 5.77. The van der Waals surface area contributed by atoms with E-state index in [1.165, 1.54) is 19.3 Å². The minimum atomic E-state index is -0.213. The zero-order valence-corrected chi connectivity index (χ0v) is 15.4. The molecule has 5 nitrogen and oxygen atoms in total. The van der Waals surface area contributed by atoms with Crippen LogP contribution in [0.5, 0.6) is 5.75 Å². The molecule has 5 heteroatoms. The lowest BCUT2D eigenvalue weighted by Crippen LogP contribution is -2.54. The summed E-state index contributed by atoms with van der Waals surface area (Å²) < 4.78 is 5.53. The van der Waals surface area contributed by atoms with Crippen LogP contribution in [-0.2, 0) is 9.59 Å². The van der Waals surface area contributed by atoms with Gasteiger partial charge in [0.2, 0.25) is 11.8 Å². The Morgan fingerprint density at radius 3 is 2.31 bits per heavy atom. The van der Waals surface area contributed by atoms with Crippen LogP contribution in [0.3, 0.4) is 0 Å². The van der Waals surface area contributed by atoms with E-state index in [1.54, 1.807) is 0 Å². The van der Waals surface area contributed by atoms with Crippen LogP contribution in [0.25, 0.3) is 0 Å². The van der Waals surface area contributed by atoms with Crippen molar-refractivity contribution in [1.82, 2.24) is 5.32 Å². The second kappa shape index (κ2) is 6.93. The third-order valence-corrected chi connectivity index (χ3v) is 6.39. The Bertz CT molecular complexity index is 665. The first-order valence-corrected chi connectivity index (χ1v) is 9.88. The normalized spacial score (nSPS) is 31.5. The number of hydrogen-bond donors (Lipinski definition) is 2. The molecule has 1 aromatic carbocycles. The molecule has 140 valence electrons. The Kier molecular flexibility index (Phi) is 4.63. The zero-order chi connectivity index (χ0) is 18.1. The topological polar surface area (TPSA) is 67.4 Å². The molecule has 4 aliphatic carbocycles. The van der Waals surface area contributed by atoms with Gasteiger partial charge in [0.05, 0.1) is 18.8 Å². The monoisotopic (exact) mass is 356 g/mol. The summed E-state index contributed by atoms with van der Waals surface area (Å²) in [6.45, 7) is 2.46. The van der Waals surface area contributed by atoms with Crippen molar-refractivity contribution in [3.05, 3.63) is 24.3 Å². The van der Waals surface area contributed by atoms with Crippen LogP contribution in [0.15, 0.2) is 24.3 Å². The van der Waals surface area contributed by atoms with E-state index in [-0.39, 0.29) is 23.8 Å². The molecule has 2 amide bonds. The molecule has 0 unspecified atom stereocenters. The van der Waals surface area contributed by atoms with Gasteiger partial charge in [-0.25, -0.2) is 0 Å². The van der Waals surface area contributed by atoms with Gasteiger partial charge in [-0.15, -0.1) is 0 Å². The number of para-hydroxylation sites is 2. The number of amides is 2. The van der Waals surface area contributed by atoms with E-state index in [9.17, 15) is 9.59 Å². The van der Waals surface area contributed by atoms with Gasteiger partial charge in [0.1, 0.15) is 5.75 Å². The summed E-state index contributed by atoms with van der Waals surface area (Å²) >= 11 is 0. The Hall–Kier alpha value is -2.04.